The number of anilines is 1. The molecule has 1 saturated heterocycles. The summed E-state index contributed by atoms with van der Waals surface area (Å²) in [6.07, 6.45) is 0.319. The molecule has 0 bridgehead atoms. The third-order valence-electron chi connectivity index (χ3n) is 2.77. The van der Waals surface area contributed by atoms with E-state index in [4.69, 9.17) is 5.73 Å². The molecule has 2 rings (SSSR count). The fraction of sp³-hybridized carbons (Fsp3) is 0.417. The van der Waals surface area contributed by atoms with Gasteiger partial charge in [0, 0.05) is 31.9 Å². The third-order valence-corrected chi connectivity index (χ3v) is 2.77. The average molecular weight is 219 g/mol. The van der Waals surface area contributed by atoms with Crippen LogP contribution in [0.4, 0.5) is 5.69 Å². The molecule has 1 heterocycles. The smallest absolute Gasteiger partial charge is 0.221 e. The Balaban J connectivity index is 2.11. The fourth-order valence-electron chi connectivity index (χ4n) is 1.99. The molecule has 0 aliphatic carbocycles. The van der Waals surface area contributed by atoms with Gasteiger partial charge in [-0.25, -0.2) is 0 Å². The SMILES string of the molecule is NC(=O)Cc1cccc(N2CCNCC2)c1. The van der Waals surface area contributed by atoms with E-state index in [2.05, 4.69) is 22.3 Å². The maximum atomic E-state index is 10.9. The first-order valence-corrected chi connectivity index (χ1v) is 5.58. The molecule has 0 radical (unpaired) electrons. The Kier molecular flexibility index (Phi) is 3.41. The molecule has 1 aromatic rings. The van der Waals surface area contributed by atoms with E-state index in [9.17, 15) is 4.79 Å². The average Bonchev–Trinajstić information content (AvgIpc) is 2.30. The molecule has 1 aliphatic rings. The summed E-state index contributed by atoms with van der Waals surface area (Å²) < 4.78 is 0. The molecule has 0 aromatic heterocycles. The van der Waals surface area contributed by atoms with Crippen LogP contribution in [0.2, 0.25) is 0 Å². The summed E-state index contributed by atoms with van der Waals surface area (Å²) in [5.74, 6) is -0.280. The predicted octanol–water partition coefficient (Wildman–Crippen LogP) is 0.124. The van der Waals surface area contributed by atoms with Gasteiger partial charge in [-0.3, -0.25) is 4.79 Å². The van der Waals surface area contributed by atoms with E-state index in [1.165, 1.54) is 5.69 Å². The number of hydrogen-bond acceptors (Lipinski definition) is 3. The van der Waals surface area contributed by atoms with Gasteiger partial charge in [-0.1, -0.05) is 12.1 Å². The minimum Gasteiger partial charge on any atom is -0.369 e. The molecule has 1 aliphatic heterocycles. The van der Waals surface area contributed by atoms with Crippen molar-refractivity contribution in [3.63, 3.8) is 0 Å². The van der Waals surface area contributed by atoms with E-state index in [1.54, 1.807) is 0 Å². The molecule has 4 nitrogen and oxygen atoms in total. The Hall–Kier alpha value is -1.55. The number of amides is 1. The molecule has 4 heteroatoms. The molecule has 0 unspecified atom stereocenters. The molecule has 1 fully saturated rings. The first kappa shape index (κ1) is 11.0. The highest BCUT2D eigenvalue weighted by molar-refractivity contribution is 5.77. The van der Waals surface area contributed by atoms with Gasteiger partial charge in [-0.05, 0) is 17.7 Å². The van der Waals surface area contributed by atoms with E-state index >= 15 is 0 Å². The largest absolute Gasteiger partial charge is 0.369 e. The minimum atomic E-state index is -0.280. The van der Waals surface area contributed by atoms with Crippen LogP contribution in [0.5, 0.6) is 0 Å². The fourth-order valence-corrected chi connectivity index (χ4v) is 1.99. The Morgan fingerprint density at radius 1 is 1.38 bits per heavy atom. The van der Waals surface area contributed by atoms with Crippen LogP contribution in [0.25, 0.3) is 0 Å². The topological polar surface area (TPSA) is 58.4 Å². The summed E-state index contributed by atoms with van der Waals surface area (Å²) in [5, 5.41) is 3.32. The Bertz CT molecular complexity index is 372. The lowest BCUT2D eigenvalue weighted by Gasteiger charge is -2.29. The van der Waals surface area contributed by atoms with E-state index in [1.807, 2.05) is 12.1 Å². The zero-order chi connectivity index (χ0) is 11.4. The van der Waals surface area contributed by atoms with Crippen molar-refractivity contribution in [3.05, 3.63) is 29.8 Å². The van der Waals surface area contributed by atoms with Crippen LogP contribution in [0.15, 0.2) is 24.3 Å². The van der Waals surface area contributed by atoms with Crippen LogP contribution < -0.4 is 16.0 Å². The number of nitrogens with two attached hydrogens (primary N) is 1. The summed E-state index contributed by atoms with van der Waals surface area (Å²) in [4.78, 5) is 13.2. The van der Waals surface area contributed by atoms with Gasteiger partial charge < -0.3 is 16.0 Å². The van der Waals surface area contributed by atoms with Crippen LogP contribution in [0.1, 0.15) is 5.56 Å². The molecular weight excluding hydrogens is 202 g/mol. The number of nitrogens with zero attached hydrogens (tertiary/aromatic N) is 1. The third kappa shape index (κ3) is 2.73. The maximum Gasteiger partial charge on any atom is 0.221 e. The molecule has 0 atom stereocenters. The van der Waals surface area contributed by atoms with Gasteiger partial charge in [-0.15, -0.1) is 0 Å². The van der Waals surface area contributed by atoms with Crippen molar-refractivity contribution in [3.8, 4) is 0 Å². The molecule has 0 saturated carbocycles. The monoisotopic (exact) mass is 219 g/mol. The highest BCUT2D eigenvalue weighted by atomic mass is 16.1. The highest BCUT2D eigenvalue weighted by Crippen LogP contribution is 2.16. The van der Waals surface area contributed by atoms with E-state index in [-0.39, 0.29) is 5.91 Å². The van der Waals surface area contributed by atoms with Gasteiger partial charge in [0.15, 0.2) is 0 Å². The number of benzene rings is 1. The summed E-state index contributed by atoms with van der Waals surface area (Å²) in [5.41, 5.74) is 7.36. The van der Waals surface area contributed by atoms with Crippen molar-refractivity contribution < 1.29 is 4.79 Å². The van der Waals surface area contributed by atoms with Crippen LogP contribution in [0.3, 0.4) is 0 Å². The maximum absolute atomic E-state index is 10.9. The second kappa shape index (κ2) is 4.99. The molecule has 86 valence electrons. The summed E-state index contributed by atoms with van der Waals surface area (Å²) >= 11 is 0. The van der Waals surface area contributed by atoms with Crippen molar-refractivity contribution in [1.29, 1.82) is 0 Å². The van der Waals surface area contributed by atoms with Gasteiger partial charge >= 0.3 is 0 Å². The second-order valence-electron chi connectivity index (χ2n) is 4.05. The molecule has 1 aromatic carbocycles. The molecular formula is C12H17N3O. The van der Waals surface area contributed by atoms with Crippen LogP contribution in [0, 0.1) is 0 Å². The summed E-state index contributed by atoms with van der Waals surface area (Å²) in [7, 11) is 0. The van der Waals surface area contributed by atoms with Gasteiger partial charge in [0.25, 0.3) is 0 Å². The van der Waals surface area contributed by atoms with E-state index in [0.29, 0.717) is 6.42 Å². The first-order chi connectivity index (χ1) is 7.75. The number of carbonyl (C=O) groups excluding carboxylic acids is 1. The molecule has 16 heavy (non-hydrogen) atoms. The van der Waals surface area contributed by atoms with Crippen LogP contribution in [-0.2, 0) is 11.2 Å². The lowest BCUT2D eigenvalue weighted by molar-refractivity contribution is -0.117. The highest BCUT2D eigenvalue weighted by Gasteiger charge is 2.10. The van der Waals surface area contributed by atoms with Crippen molar-refractivity contribution in [1.82, 2.24) is 5.32 Å². The number of nitrogens with one attached hydrogen (secondary N) is 1. The number of carbonyl (C=O) groups is 1. The predicted molar refractivity (Wildman–Crippen MR) is 64.4 cm³/mol. The van der Waals surface area contributed by atoms with Crippen molar-refractivity contribution >= 4 is 11.6 Å². The summed E-state index contributed by atoms with van der Waals surface area (Å²) in [6.45, 7) is 4.06. The van der Waals surface area contributed by atoms with Gasteiger partial charge in [0.2, 0.25) is 5.91 Å². The van der Waals surface area contributed by atoms with Gasteiger partial charge in [-0.2, -0.15) is 0 Å². The van der Waals surface area contributed by atoms with Gasteiger partial charge in [0.05, 0.1) is 6.42 Å². The molecule has 1 amide bonds. The number of hydrogen-bond donors (Lipinski definition) is 2. The van der Waals surface area contributed by atoms with Crippen LogP contribution in [-0.4, -0.2) is 32.1 Å². The van der Waals surface area contributed by atoms with Crippen molar-refractivity contribution in [2.45, 2.75) is 6.42 Å². The lowest BCUT2D eigenvalue weighted by Crippen LogP contribution is -2.43. The van der Waals surface area contributed by atoms with E-state index < -0.39 is 0 Å². The zero-order valence-electron chi connectivity index (χ0n) is 9.28. The number of rotatable bonds is 3. The number of piperazine rings is 1. The molecule has 0 spiro atoms. The Morgan fingerprint density at radius 3 is 2.81 bits per heavy atom. The lowest BCUT2D eigenvalue weighted by atomic mass is 10.1. The van der Waals surface area contributed by atoms with Crippen molar-refractivity contribution in [2.24, 2.45) is 5.73 Å². The number of primary amides is 1. The van der Waals surface area contributed by atoms with Crippen LogP contribution >= 0.6 is 0 Å². The molecule has 3 N–H and O–H groups in total. The van der Waals surface area contributed by atoms with Crippen molar-refractivity contribution in [2.75, 3.05) is 31.1 Å². The minimum absolute atomic E-state index is 0.280. The quantitative estimate of drug-likeness (QED) is 0.759. The zero-order valence-corrected chi connectivity index (χ0v) is 9.28. The Morgan fingerprint density at radius 2 is 2.12 bits per heavy atom. The standard InChI is InChI=1S/C12H17N3O/c13-12(16)9-10-2-1-3-11(8-10)15-6-4-14-5-7-15/h1-3,8,14H,4-7,9H2,(H2,13,16). The normalized spacial score (nSPS) is 16.1. The second-order valence-corrected chi connectivity index (χ2v) is 4.05. The Labute approximate surface area is 95.4 Å². The first-order valence-electron chi connectivity index (χ1n) is 5.58. The van der Waals surface area contributed by atoms with E-state index in [0.717, 1.165) is 31.7 Å². The summed E-state index contributed by atoms with van der Waals surface area (Å²) in [6, 6.07) is 8.05. The van der Waals surface area contributed by atoms with Gasteiger partial charge in [0.1, 0.15) is 0 Å².